The molecule has 1 aromatic carbocycles. The van der Waals surface area contributed by atoms with Crippen LogP contribution in [0.15, 0.2) is 33.9 Å². The molecule has 15 heteroatoms. The topological polar surface area (TPSA) is 173 Å². The minimum absolute atomic E-state index is 0.0262. The predicted molar refractivity (Wildman–Crippen MR) is 134 cm³/mol. The van der Waals surface area contributed by atoms with E-state index in [1.807, 2.05) is 0 Å². The van der Waals surface area contributed by atoms with Gasteiger partial charge in [-0.2, -0.15) is 13.8 Å². The SMILES string of the molecule is Cc1nc(=O)n(CC(O)CN2C3CCC2CC(OCc2ccccc2OC(F)F)C3)c(=O)n1C.O=C(O)C(=O)O. The number of carboxylic acids is 2. The fourth-order valence-corrected chi connectivity index (χ4v) is 5.04. The number of ether oxygens (including phenoxy) is 2. The molecule has 3 unspecified atom stereocenters. The van der Waals surface area contributed by atoms with E-state index < -0.39 is 36.0 Å². The Kier molecular flexibility index (Phi) is 10.5. The molecule has 0 aliphatic carbocycles. The highest BCUT2D eigenvalue weighted by Crippen LogP contribution is 2.37. The van der Waals surface area contributed by atoms with Gasteiger partial charge >= 0.3 is 29.9 Å². The highest BCUT2D eigenvalue weighted by Gasteiger charge is 2.41. The van der Waals surface area contributed by atoms with Crippen LogP contribution in [0.2, 0.25) is 0 Å². The van der Waals surface area contributed by atoms with Gasteiger partial charge in [0.1, 0.15) is 11.6 Å². The molecule has 3 heterocycles. The highest BCUT2D eigenvalue weighted by atomic mass is 19.3. The van der Waals surface area contributed by atoms with E-state index in [9.17, 15) is 23.5 Å². The molecular weight excluding hydrogens is 538 g/mol. The number of nitrogens with zero attached hydrogens (tertiary/aromatic N) is 4. The second-order valence-electron chi connectivity index (χ2n) is 9.63. The Bertz CT molecular complexity index is 1290. The number of aliphatic hydroxyl groups excluding tert-OH is 1. The van der Waals surface area contributed by atoms with Gasteiger partial charge in [0, 0.05) is 31.2 Å². The van der Waals surface area contributed by atoms with Crippen LogP contribution in [0.4, 0.5) is 8.78 Å². The summed E-state index contributed by atoms with van der Waals surface area (Å²) in [5, 5.41) is 25.4. The van der Waals surface area contributed by atoms with Crippen LogP contribution in [0.25, 0.3) is 0 Å². The van der Waals surface area contributed by atoms with Crippen LogP contribution in [-0.4, -0.2) is 83.7 Å². The monoisotopic (exact) mass is 570 g/mol. The van der Waals surface area contributed by atoms with Gasteiger partial charge in [0.2, 0.25) is 0 Å². The van der Waals surface area contributed by atoms with Crippen LogP contribution in [0.3, 0.4) is 0 Å². The maximum Gasteiger partial charge on any atom is 0.414 e. The zero-order valence-electron chi connectivity index (χ0n) is 22.0. The summed E-state index contributed by atoms with van der Waals surface area (Å²) in [5.74, 6) is -3.21. The summed E-state index contributed by atoms with van der Waals surface area (Å²) in [6.45, 7) is -0.898. The number of carbonyl (C=O) groups is 2. The van der Waals surface area contributed by atoms with E-state index in [0.29, 0.717) is 17.9 Å². The Morgan fingerprint density at radius 2 is 1.68 bits per heavy atom. The molecule has 4 rings (SSSR count). The number of benzene rings is 1. The molecule has 2 fully saturated rings. The molecule has 0 saturated carbocycles. The Balaban J connectivity index is 0.000000663. The predicted octanol–water partition coefficient (Wildman–Crippen LogP) is 0.581. The zero-order chi connectivity index (χ0) is 29.6. The third-order valence-corrected chi connectivity index (χ3v) is 6.99. The summed E-state index contributed by atoms with van der Waals surface area (Å²) in [7, 11) is 1.54. The number of rotatable bonds is 9. The first-order chi connectivity index (χ1) is 18.9. The Morgan fingerprint density at radius 1 is 1.07 bits per heavy atom. The molecule has 2 aromatic rings. The van der Waals surface area contributed by atoms with Crippen molar-refractivity contribution >= 4 is 11.9 Å². The minimum Gasteiger partial charge on any atom is -0.473 e. The molecule has 2 saturated heterocycles. The molecule has 220 valence electrons. The van der Waals surface area contributed by atoms with Crippen molar-refractivity contribution in [1.29, 1.82) is 0 Å². The largest absolute Gasteiger partial charge is 0.473 e. The van der Waals surface area contributed by atoms with E-state index in [1.165, 1.54) is 17.7 Å². The standard InChI is InChI=1S/C23H30F2N4O5.C2H2O4/c1-14-26-22(31)29(23(32)27(14)2)12-18(30)11-28-16-7-8-17(28)10-19(9-16)33-13-15-5-3-4-6-20(15)34-21(24)25;3-1(4)2(5)6/h3-6,16-19,21,30H,7-13H2,1-2H3;(H,3,4)(H,5,6). The first kappa shape index (κ1) is 30.8. The first-order valence-corrected chi connectivity index (χ1v) is 12.6. The van der Waals surface area contributed by atoms with Crippen LogP contribution in [-0.2, 0) is 34.5 Å². The maximum atomic E-state index is 12.6. The van der Waals surface area contributed by atoms with Gasteiger partial charge < -0.3 is 24.8 Å². The number of aliphatic carboxylic acids is 2. The molecule has 2 aliphatic rings. The van der Waals surface area contributed by atoms with Crippen molar-refractivity contribution in [2.45, 2.75) is 76.7 Å². The van der Waals surface area contributed by atoms with Crippen molar-refractivity contribution in [2.24, 2.45) is 7.05 Å². The third kappa shape index (κ3) is 7.92. The summed E-state index contributed by atoms with van der Waals surface area (Å²) in [5.41, 5.74) is -0.583. The van der Waals surface area contributed by atoms with Gasteiger partial charge in [0.25, 0.3) is 0 Å². The van der Waals surface area contributed by atoms with Crippen molar-refractivity contribution in [3.8, 4) is 5.75 Å². The van der Waals surface area contributed by atoms with Crippen molar-refractivity contribution in [3.63, 3.8) is 0 Å². The van der Waals surface area contributed by atoms with Crippen molar-refractivity contribution in [1.82, 2.24) is 19.0 Å². The number of alkyl halides is 2. The number of hydrogen-bond donors (Lipinski definition) is 3. The molecule has 0 spiro atoms. The smallest absolute Gasteiger partial charge is 0.414 e. The van der Waals surface area contributed by atoms with Crippen LogP contribution < -0.4 is 16.1 Å². The lowest BCUT2D eigenvalue weighted by Crippen LogP contribution is -2.50. The quantitative estimate of drug-likeness (QED) is 0.360. The van der Waals surface area contributed by atoms with Crippen molar-refractivity contribution in [2.75, 3.05) is 6.54 Å². The lowest BCUT2D eigenvalue weighted by molar-refractivity contribution is -0.159. The Labute approximate surface area is 227 Å². The number of hydrogen-bond acceptors (Lipinski definition) is 9. The van der Waals surface area contributed by atoms with Crippen LogP contribution in [0.1, 0.15) is 37.1 Å². The second kappa shape index (κ2) is 13.6. The molecule has 0 radical (unpaired) electrons. The fraction of sp³-hybridized carbons (Fsp3) is 0.560. The van der Waals surface area contributed by atoms with Crippen LogP contribution in [0.5, 0.6) is 5.75 Å². The summed E-state index contributed by atoms with van der Waals surface area (Å²) < 4.78 is 38.2. The molecule has 13 nitrogen and oxygen atoms in total. The third-order valence-electron chi connectivity index (χ3n) is 6.99. The summed E-state index contributed by atoms with van der Waals surface area (Å²) in [6.07, 6.45) is 2.53. The van der Waals surface area contributed by atoms with E-state index in [4.69, 9.17) is 24.5 Å². The number of carboxylic acid groups (broad SMARTS) is 2. The van der Waals surface area contributed by atoms with Gasteiger partial charge in [-0.05, 0) is 38.7 Å². The average molecular weight is 571 g/mol. The first-order valence-electron chi connectivity index (χ1n) is 12.6. The highest BCUT2D eigenvalue weighted by molar-refractivity contribution is 6.27. The molecule has 3 N–H and O–H groups in total. The van der Waals surface area contributed by atoms with Gasteiger partial charge in [-0.25, -0.2) is 23.7 Å². The second-order valence-corrected chi connectivity index (χ2v) is 9.63. The van der Waals surface area contributed by atoms with Crippen molar-refractivity contribution in [3.05, 3.63) is 56.6 Å². The number of piperidine rings is 1. The normalized spacial score (nSPS) is 21.0. The van der Waals surface area contributed by atoms with Gasteiger partial charge in [-0.15, -0.1) is 0 Å². The summed E-state index contributed by atoms with van der Waals surface area (Å²) in [6, 6.07) is 7.03. The van der Waals surface area contributed by atoms with Crippen LogP contribution in [0, 0.1) is 6.92 Å². The Morgan fingerprint density at radius 3 is 2.25 bits per heavy atom. The molecule has 1 aromatic heterocycles. The summed E-state index contributed by atoms with van der Waals surface area (Å²) in [4.78, 5) is 48.8. The van der Waals surface area contributed by atoms with Crippen molar-refractivity contribution < 1.29 is 43.2 Å². The van der Waals surface area contributed by atoms with E-state index in [0.717, 1.165) is 30.3 Å². The van der Waals surface area contributed by atoms with E-state index in [-0.39, 0.29) is 37.1 Å². The summed E-state index contributed by atoms with van der Waals surface area (Å²) >= 11 is 0. The van der Waals surface area contributed by atoms with E-state index in [1.54, 1.807) is 25.1 Å². The molecule has 3 atom stereocenters. The molecule has 40 heavy (non-hydrogen) atoms. The minimum atomic E-state index is -2.89. The number of aromatic nitrogens is 3. The van der Waals surface area contributed by atoms with Gasteiger partial charge in [-0.1, -0.05) is 18.2 Å². The number of halogens is 2. The number of fused-ring (bicyclic) bond motifs is 2. The number of para-hydroxylation sites is 1. The zero-order valence-corrected chi connectivity index (χ0v) is 22.0. The molecular formula is C25H32F2N4O9. The van der Waals surface area contributed by atoms with Gasteiger partial charge in [0.15, 0.2) is 0 Å². The fourth-order valence-electron chi connectivity index (χ4n) is 5.04. The van der Waals surface area contributed by atoms with Gasteiger partial charge in [-0.3, -0.25) is 9.47 Å². The van der Waals surface area contributed by atoms with Gasteiger partial charge in [0.05, 0.1) is 25.4 Å². The molecule has 2 bridgehead atoms. The van der Waals surface area contributed by atoms with E-state index >= 15 is 0 Å². The number of aliphatic hydroxyl groups is 1. The lowest BCUT2D eigenvalue weighted by Gasteiger charge is -2.39. The Hall–Kier alpha value is -3.69. The molecule has 2 aliphatic heterocycles. The average Bonchev–Trinajstić information content (AvgIpc) is 3.11. The lowest BCUT2D eigenvalue weighted by atomic mass is 9.99. The number of aryl methyl sites for hydroxylation is 1. The molecule has 0 amide bonds. The maximum absolute atomic E-state index is 12.6. The van der Waals surface area contributed by atoms with E-state index in [2.05, 4.69) is 14.6 Å². The van der Waals surface area contributed by atoms with Crippen LogP contribution >= 0.6 is 0 Å².